The van der Waals surface area contributed by atoms with Crippen LogP contribution >= 0.6 is 0 Å². The zero-order valence-electron chi connectivity index (χ0n) is 10.8. The van der Waals surface area contributed by atoms with Crippen molar-refractivity contribution in [3.8, 4) is 11.5 Å². The van der Waals surface area contributed by atoms with Crippen LogP contribution in [0.1, 0.15) is 44.8 Å². The summed E-state index contributed by atoms with van der Waals surface area (Å²) in [4.78, 5) is 11.4. The van der Waals surface area contributed by atoms with E-state index >= 15 is 0 Å². The Morgan fingerprint density at radius 2 is 2.11 bits per heavy atom. The van der Waals surface area contributed by atoms with E-state index in [2.05, 4.69) is 6.92 Å². The largest absolute Gasteiger partial charge is 0.457 e. The molecule has 18 heavy (non-hydrogen) atoms. The molecule has 0 aromatic heterocycles. The zero-order valence-corrected chi connectivity index (χ0v) is 10.8. The summed E-state index contributed by atoms with van der Waals surface area (Å²) in [6.45, 7) is 4.12. The van der Waals surface area contributed by atoms with E-state index in [4.69, 9.17) is 14.2 Å². The van der Waals surface area contributed by atoms with E-state index in [0.717, 1.165) is 29.9 Å². The fourth-order valence-corrected chi connectivity index (χ4v) is 1.91. The third kappa shape index (κ3) is 2.75. The molecular formula is C14H18O4. The lowest BCUT2D eigenvalue weighted by Gasteiger charge is -2.17. The molecular weight excluding hydrogens is 232 g/mol. The van der Waals surface area contributed by atoms with Crippen LogP contribution in [0.4, 0.5) is 0 Å². The molecule has 0 spiro atoms. The standard InChI is InChI=1S/C14H18O4/c1-3-5-11(18-14(15)4-2)10-6-7-12-13(8-10)17-9-16-12/h6-8,11H,3-5,9H2,1-2H3. The summed E-state index contributed by atoms with van der Waals surface area (Å²) in [5, 5.41) is 0. The van der Waals surface area contributed by atoms with Crippen LogP contribution in [0.2, 0.25) is 0 Å². The first-order chi connectivity index (χ1) is 8.74. The molecule has 1 aliphatic rings. The van der Waals surface area contributed by atoms with Crippen molar-refractivity contribution in [2.75, 3.05) is 6.79 Å². The maximum atomic E-state index is 11.4. The molecule has 0 fully saturated rings. The van der Waals surface area contributed by atoms with E-state index < -0.39 is 0 Å². The van der Waals surface area contributed by atoms with Gasteiger partial charge in [-0.3, -0.25) is 4.79 Å². The van der Waals surface area contributed by atoms with E-state index in [1.54, 1.807) is 6.92 Å². The Morgan fingerprint density at radius 1 is 1.33 bits per heavy atom. The van der Waals surface area contributed by atoms with Crippen LogP contribution in [0.5, 0.6) is 11.5 Å². The first kappa shape index (κ1) is 12.7. The summed E-state index contributed by atoms with van der Waals surface area (Å²) in [6, 6.07) is 5.68. The second-order valence-corrected chi connectivity index (χ2v) is 4.23. The minimum atomic E-state index is -0.197. The van der Waals surface area contributed by atoms with Crippen LogP contribution in [0.25, 0.3) is 0 Å². The highest BCUT2D eigenvalue weighted by Crippen LogP contribution is 2.36. The number of carbonyl (C=O) groups is 1. The Balaban J connectivity index is 2.17. The topological polar surface area (TPSA) is 44.8 Å². The molecule has 1 unspecified atom stereocenters. The van der Waals surface area contributed by atoms with Gasteiger partial charge in [0, 0.05) is 6.42 Å². The van der Waals surface area contributed by atoms with Crippen molar-refractivity contribution in [3.63, 3.8) is 0 Å². The van der Waals surface area contributed by atoms with Gasteiger partial charge in [-0.15, -0.1) is 0 Å². The predicted octanol–water partition coefficient (Wildman–Crippen LogP) is 3.21. The van der Waals surface area contributed by atoms with Crippen molar-refractivity contribution in [2.24, 2.45) is 0 Å². The monoisotopic (exact) mass is 250 g/mol. The van der Waals surface area contributed by atoms with E-state index in [9.17, 15) is 4.79 Å². The summed E-state index contributed by atoms with van der Waals surface area (Å²) >= 11 is 0. The quantitative estimate of drug-likeness (QED) is 0.753. The third-order valence-electron chi connectivity index (χ3n) is 2.88. The third-order valence-corrected chi connectivity index (χ3v) is 2.88. The van der Waals surface area contributed by atoms with Gasteiger partial charge in [0.05, 0.1) is 0 Å². The fraction of sp³-hybridized carbons (Fsp3) is 0.500. The molecule has 98 valence electrons. The molecule has 1 heterocycles. The molecule has 0 saturated carbocycles. The van der Waals surface area contributed by atoms with E-state index in [1.807, 2.05) is 18.2 Å². The average molecular weight is 250 g/mol. The van der Waals surface area contributed by atoms with Gasteiger partial charge >= 0.3 is 5.97 Å². The second-order valence-electron chi connectivity index (χ2n) is 4.23. The van der Waals surface area contributed by atoms with Gasteiger partial charge < -0.3 is 14.2 Å². The number of esters is 1. The van der Waals surface area contributed by atoms with Crippen LogP contribution in [0.3, 0.4) is 0 Å². The summed E-state index contributed by atoms with van der Waals surface area (Å²) in [5.74, 6) is 1.29. The van der Waals surface area contributed by atoms with Gasteiger partial charge in [-0.1, -0.05) is 26.3 Å². The summed E-state index contributed by atoms with van der Waals surface area (Å²) in [5.41, 5.74) is 0.961. The second kappa shape index (κ2) is 5.76. The molecule has 1 aromatic carbocycles. The van der Waals surface area contributed by atoms with Crippen molar-refractivity contribution in [3.05, 3.63) is 23.8 Å². The van der Waals surface area contributed by atoms with Crippen molar-refractivity contribution in [2.45, 2.75) is 39.2 Å². The highest BCUT2D eigenvalue weighted by molar-refractivity contribution is 5.69. The van der Waals surface area contributed by atoms with Crippen LogP contribution in [-0.2, 0) is 9.53 Å². The van der Waals surface area contributed by atoms with Crippen LogP contribution in [0.15, 0.2) is 18.2 Å². The minimum absolute atomic E-state index is 0.175. The highest BCUT2D eigenvalue weighted by Gasteiger charge is 2.19. The first-order valence-corrected chi connectivity index (χ1v) is 6.33. The number of hydrogen-bond acceptors (Lipinski definition) is 4. The maximum absolute atomic E-state index is 11.4. The molecule has 2 rings (SSSR count). The number of carbonyl (C=O) groups excluding carboxylic acids is 1. The van der Waals surface area contributed by atoms with E-state index in [1.165, 1.54) is 0 Å². The van der Waals surface area contributed by atoms with Gasteiger partial charge in [-0.2, -0.15) is 0 Å². The molecule has 4 nitrogen and oxygen atoms in total. The Kier molecular flexibility index (Phi) is 4.07. The Bertz CT molecular complexity index is 428. The average Bonchev–Trinajstić information content (AvgIpc) is 2.85. The Labute approximate surface area is 107 Å². The summed E-state index contributed by atoms with van der Waals surface area (Å²) < 4.78 is 16.1. The van der Waals surface area contributed by atoms with Crippen LogP contribution in [0, 0.1) is 0 Å². The molecule has 1 aromatic rings. The SMILES string of the molecule is CCCC(OC(=O)CC)c1ccc2c(c1)OCO2. The molecule has 0 radical (unpaired) electrons. The number of benzene rings is 1. The lowest BCUT2D eigenvalue weighted by molar-refractivity contribution is -0.149. The van der Waals surface area contributed by atoms with Gasteiger partial charge in [-0.25, -0.2) is 0 Å². The Hall–Kier alpha value is -1.71. The normalized spacial score (nSPS) is 14.3. The van der Waals surface area contributed by atoms with E-state index in [-0.39, 0.29) is 18.9 Å². The number of ether oxygens (including phenoxy) is 3. The molecule has 0 aliphatic carbocycles. The highest BCUT2D eigenvalue weighted by atomic mass is 16.7. The predicted molar refractivity (Wildman–Crippen MR) is 66.6 cm³/mol. The minimum Gasteiger partial charge on any atom is -0.457 e. The smallest absolute Gasteiger partial charge is 0.306 e. The van der Waals surface area contributed by atoms with Gasteiger partial charge in [0.2, 0.25) is 6.79 Å². The molecule has 0 bridgehead atoms. The van der Waals surface area contributed by atoms with Crippen molar-refractivity contribution in [1.29, 1.82) is 0 Å². The van der Waals surface area contributed by atoms with E-state index in [0.29, 0.717) is 6.42 Å². The summed E-state index contributed by atoms with van der Waals surface area (Å²) in [6.07, 6.45) is 1.96. The van der Waals surface area contributed by atoms with Crippen molar-refractivity contribution in [1.82, 2.24) is 0 Å². The Morgan fingerprint density at radius 3 is 2.83 bits per heavy atom. The molecule has 4 heteroatoms. The molecule has 0 saturated heterocycles. The molecule has 0 amide bonds. The maximum Gasteiger partial charge on any atom is 0.306 e. The van der Waals surface area contributed by atoms with Crippen LogP contribution < -0.4 is 9.47 Å². The molecule has 1 aliphatic heterocycles. The van der Waals surface area contributed by atoms with Gasteiger partial charge in [0.25, 0.3) is 0 Å². The zero-order chi connectivity index (χ0) is 13.0. The lowest BCUT2D eigenvalue weighted by atomic mass is 10.0. The van der Waals surface area contributed by atoms with Gasteiger partial charge in [0.1, 0.15) is 6.10 Å². The van der Waals surface area contributed by atoms with Crippen molar-refractivity contribution < 1.29 is 19.0 Å². The lowest BCUT2D eigenvalue weighted by Crippen LogP contribution is -2.10. The number of fused-ring (bicyclic) bond motifs is 1. The fourth-order valence-electron chi connectivity index (χ4n) is 1.91. The molecule has 1 atom stereocenters. The van der Waals surface area contributed by atoms with Crippen molar-refractivity contribution >= 4 is 5.97 Å². The summed E-state index contributed by atoms with van der Waals surface area (Å²) in [7, 11) is 0. The van der Waals surface area contributed by atoms with Gasteiger partial charge in [-0.05, 0) is 24.1 Å². The number of hydrogen-bond donors (Lipinski definition) is 0. The first-order valence-electron chi connectivity index (χ1n) is 6.33. The molecule has 0 N–H and O–H groups in total. The van der Waals surface area contributed by atoms with Crippen LogP contribution in [-0.4, -0.2) is 12.8 Å². The number of rotatable bonds is 5. The van der Waals surface area contributed by atoms with Gasteiger partial charge in [0.15, 0.2) is 11.5 Å².